The monoisotopic (exact) mass is 214 g/mol. The van der Waals surface area contributed by atoms with Crippen LogP contribution in [0.3, 0.4) is 0 Å². The predicted molar refractivity (Wildman–Crippen MR) is 53.9 cm³/mol. The lowest BCUT2D eigenvalue weighted by molar-refractivity contribution is -0.263. The van der Waals surface area contributed by atoms with E-state index in [2.05, 4.69) is 0 Å². The van der Waals surface area contributed by atoms with Crippen molar-refractivity contribution in [3.8, 4) is 0 Å². The lowest BCUT2D eigenvalue weighted by atomic mass is 9.86. The van der Waals surface area contributed by atoms with Crippen molar-refractivity contribution in [2.75, 3.05) is 0 Å². The van der Waals surface area contributed by atoms with Crippen molar-refractivity contribution < 1.29 is 19.1 Å². The Kier molecular flexibility index (Phi) is 3.07. The maximum atomic E-state index is 11.8. The summed E-state index contributed by atoms with van der Waals surface area (Å²) in [4.78, 5) is 23.5. The molecule has 0 aromatic heterocycles. The third-order valence-corrected chi connectivity index (χ3v) is 3.24. The maximum absolute atomic E-state index is 11.8. The van der Waals surface area contributed by atoms with Gasteiger partial charge in [0.25, 0.3) is 5.79 Å². The second-order valence-corrected chi connectivity index (χ2v) is 4.08. The average Bonchev–Trinajstić information content (AvgIpc) is 2.25. The SMILES string of the molecule is CCC1(CC)OC(=O)C(C)(CC)C(=O)O1. The molecule has 4 heteroatoms. The van der Waals surface area contributed by atoms with Crippen LogP contribution < -0.4 is 0 Å². The molecule has 1 aliphatic heterocycles. The van der Waals surface area contributed by atoms with Crippen LogP contribution in [-0.2, 0) is 19.1 Å². The van der Waals surface area contributed by atoms with Gasteiger partial charge in [-0.15, -0.1) is 0 Å². The molecular formula is C11H18O4. The first-order valence-corrected chi connectivity index (χ1v) is 5.41. The lowest BCUT2D eigenvalue weighted by Gasteiger charge is -2.41. The highest BCUT2D eigenvalue weighted by molar-refractivity contribution is 6.01. The fraction of sp³-hybridized carbons (Fsp3) is 0.818. The molecule has 0 spiro atoms. The third-order valence-electron chi connectivity index (χ3n) is 3.24. The van der Waals surface area contributed by atoms with E-state index < -0.39 is 23.1 Å². The third kappa shape index (κ3) is 1.73. The predicted octanol–water partition coefficient (Wildman–Crippen LogP) is 2.02. The summed E-state index contributed by atoms with van der Waals surface area (Å²) in [5.74, 6) is -1.97. The zero-order chi connectivity index (χ0) is 11.7. The first-order valence-electron chi connectivity index (χ1n) is 5.41. The smallest absolute Gasteiger partial charge is 0.326 e. The summed E-state index contributed by atoms with van der Waals surface area (Å²) in [7, 11) is 0. The Bertz CT molecular complexity index is 258. The normalized spacial score (nSPS) is 23.2. The van der Waals surface area contributed by atoms with Gasteiger partial charge in [-0.05, 0) is 13.3 Å². The minimum absolute atomic E-state index is 0.397. The van der Waals surface area contributed by atoms with Gasteiger partial charge in [0.1, 0.15) is 0 Å². The molecule has 1 aliphatic rings. The fourth-order valence-corrected chi connectivity index (χ4v) is 1.49. The van der Waals surface area contributed by atoms with E-state index in [9.17, 15) is 9.59 Å². The molecule has 0 atom stereocenters. The van der Waals surface area contributed by atoms with Crippen molar-refractivity contribution >= 4 is 11.9 Å². The van der Waals surface area contributed by atoms with Crippen LogP contribution in [0.4, 0.5) is 0 Å². The van der Waals surface area contributed by atoms with Gasteiger partial charge in [-0.1, -0.05) is 20.8 Å². The van der Waals surface area contributed by atoms with Gasteiger partial charge in [-0.2, -0.15) is 0 Å². The molecule has 86 valence electrons. The molecular weight excluding hydrogens is 196 g/mol. The van der Waals surface area contributed by atoms with E-state index >= 15 is 0 Å². The molecule has 0 bridgehead atoms. The Morgan fingerprint density at radius 2 is 1.33 bits per heavy atom. The van der Waals surface area contributed by atoms with E-state index in [0.717, 1.165) is 0 Å². The highest BCUT2D eigenvalue weighted by atomic mass is 16.7. The van der Waals surface area contributed by atoms with Crippen molar-refractivity contribution in [3.05, 3.63) is 0 Å². The molecule has 0 saturated carbocycles. The van der Waals surface area contributed by atoms with Crippen LogP contribution in [0.15, 0.2) is 0 Å². The summed E-state index contributed by atoms with van der Waals surface area (Å²) < 4.78 is 10.5. The zero-order valence-corrected chi connectivity index (χ0v) is 9.75. The minimum Gasteiger partial charge on any atom is -0.422 e. The zero-order valence-electron chi connectivity index (χ0n) is 9.75. The van der Waals surface area contributed by atoms with Gasteiger partial charge in [0, 0.05) is 12.8 Å². The Labute approximate surface area is 89.9 Å². The Balaban J connectivity index is 2.98. The Morgan fingerprint density at radius 3 is 1.60 bits per heavy atom. The van der Waals surface area contributed by atoms with Gasteiger partial charge in [0.2, 0.25) is 0 Å². The molecule has 0 unspecified atom stereocenters. The van der Waals surface area contributed by atoms with E-state index in [-0.39, 0.29) is 0 Å². The molecule has 0 aromatic carbocycles. The van der Waals surface area contributed by atoms with Gasteiger partial charge in [0.05, 0.1) is 0 Å². The van der Waals surface area contributed by atoms with Crippen molar-refractivity contribution in [3.63, 3.8) is 0 Å². The van der Waals surface area contributed by atoms with Crippen molar-refractivity contribution in [1.29, 1.82) is 0 Å². The summed E-state index contributed by atoms with van der Waals surface area (Å²) in [5, 5.41) is 0. The number of esters is 2. The van der Waals surface area contributed by atoms with Gasteiger partial charge < -0.3 is 9.47 Å². The first-order chi connectivity index (χ1) is 6.94. The van der Waals surface area contributed by atoms with E-state index in [0.29, 0.717) is 19.3 Å². The number of hydrogen-bond donors (Lipinski definition) is 0. The minimum atomic E-state index is -1.13. The van der Waals surface area contributed by atoms with Crippen LogP contribution >= 0.6 is 0 Å². The van der Waals surface area contributed by atoms with Crippen LogP contribution in [0.25, 0.3) is 0 Å². The molecule has 0 aliphatic carbocycles. The molecule has 0 N–H and O–H groups in total. The maximum Gasteiger partial charge on any atom is 0.326 e. The highest BCUT2D eigenvalue weighted by Crippen LogP contribution is 2.37. The fourth-order valence-electron chi connectivity index (χ4n) is 1.49. The quantitative estimate of drug-likeness (QED) is 0.532. The number of ether oxygens (including phenoxy) is 2. The van der Waals surface area contributed by atoms with Gasteiger partial charge in [-0.25, -0.2) is 0 Å². The van der Waals surface area contributed by atoms with Gasteiger partial charge in [-0.3, -0.25) is 9.59 Å². The number of rotatable bonds is 3. The van der Waals surface area contributed by atoms with Gasteiger partial charge in [0.15, 0.2) is 5.41 Å². The first kappa shape index (κ1) is 12.0. The summed E-state index contributed by atoms with van der Waals surface area (Å²) in [6, 6.07) is 0. The molecule has 0 aromatic rings. The Morgan fingerprint density at radius 1 is 0.933 bits per heavy atom. The average molecular weight is 214 g/mol. The molecule has 1 heterocycles. The molecule has 1 saturated heterocycles. The Hall–Kier alpha value is -1.06. The van der Waals surface area contributed by atoms with Gasteiger partial charge >= 0.3 is 11.9 Å². The lowest BCUT2D eigenvalue weighted by Crippen LogP contribution is -2.54. The van der Waals surface area contributed by atoms with Crippen LogP contribution in [0.5, 0.6) is 0 Å². The van der Waals surface area contributed by atoms with Crippen molar-refractivity contribution in [2.45, 2.75) is 52.7 Å². The molecule has 15 heavy (non-hydrogen) atoms. The van der Waals surface area contributed by atoms with E-state index in [4.69, 9.17) is 9.47 Å². The molecule has 4 nitrogen and oxygen atoms in total. The number of hydrogen-bond acceptors (Lipinski definition) is 4. The summed E-state index contributed by atoms with van der Waals surface area (Å²) in [6.45, 7) is 7.00. The van der Waals surface area contributed by atoms with E-state index in [1.54, 1.807) is 13.8 Å². The molecule has 1 rings (SSSR count). The summed E-state index contributed by atoms with van der Waals surface area (Å²) in [6.07, 6.45) is 1.37. The standard InChI is InChI=1S/C11H18O4/c1-5-10(4)8(12)14-11(6-2,7-3)15-9(10)13/h5-7H2,1-4H3. The topological polar surface area (TPSA) is 52.6 Å². The number of carbonyl (C=O) groups excluding carboxylic acids is 2. The summed E-state index contributed by atoms with van der Waals surface area (Å²) in [5.41, 5.74) is -1.13. The van der Waals surface area contributed by atoms with Crippen LogP contribution in [0.2, 0.25) is 0 Å². The molecule has 1 fully saturated rings. The molecule has 0 amide bonds. The largest absolute Gasteiger partial charge is 0.422 e. The summed E-state index contributed by atoms with van der Waals surface area (Å²) >= 11 is 0. The number of cyclic esters (lactones) is 2. The van der Waals surface area contributed by atoms with Crippen LogP contribution in [-0.4, -0.2) is 17.7 Å². The van der Waals surface area contributed by atoms with E-state index in [1.807, 2.05) is 13.8 Å². The number of carbonyl (C=O) groups is 2. The van der Waals surface area contributed by atoms with Crippen molar-refractivity contribution in [1.82, 2.24) is 0 Å². The van der Waals surface area contributed by atoms with Crippen molar-refractivity contribution in [2.24, 2.45) is 5.41 Å². The highest BCUT2D eigenvalue weighted by Gasteiger charge is 2.53. The van der Waals surface area contributed by atoms with Crippen LogP contribution in [0.1, 0.15) is 47.0 Å². The molecule has 0 radical (unpaired) electrons. The second-order valence-electron chi connectivity index (χ2n) is 4.08. The van der Waals surface area contributed by atoms with E-state index in [1.165, 1.54) is 0 Å². The van der Waals surface area contributed by atoms with Crippen LogP contribution in [0, 0.1) is 5.41 Å². The second kappa shape index (κ2) is 3.83.